The highest BCUT2D eigenvalue weighted by atomic mass is 14.8. The molecule has 0 atom stereocenters. The number of nitriles is 1. The summed E-state index contributed by atoms with van der Waals surface area (Å²) in [5, 5.41) is 11.9. The SMILES string of the molecule is CNCc1ccccc1/C=C/c1ccc(C#N)cc1. The summed E-state index contributed by atoms with van der Waals surface area (Å²) in [7, 11) is 1.95. The fourth-order valence-electron chi connectivity index (χ4n) is 1.90. The second-order valence-electron chi connectivity index (χ2n) is 4.30. The molecule has 0 radical (unpaired) electrons. The molecule has 2 nitrogen and oxygen atoms in total. The summed E-state index contributed by atoms with van der Waals surface area (Å²) < 4.78 is 0. The quantitative estimate of drug-likeness (QED) is 0.841. The zero-order chi connectivity index (χ0) is 13.5. The zero-order valence-corrected chi connectivity index (χ0v) is 10.9. The van der Waals surface area contributed by atoms with Gasteiger partial charge in [-0.3, -0.25) is 0 Å². The van der Waals surface area contributed by atoms with E-state index in [2.05, 4.69) is 35.7 Å². The van der Waals surface area contributed by atoms with Gasteiger partial charge in [0.1, 0.15) is 0 Å². The maximum Gasteiger partial charge on any atom is 0.0991 e. The number of hydrogen-bond acceptors (Lipinski definition) is 2. The van der Waals surface area contributed by atoms with Gasteiger partial charge in [0.15, 0.2) is 0 Å². The third-order valence-electron chi connectivity index (χ3n) is 2.92. The monoisotopic (exact) mass is 248 g/mol. The first-order chi connectivity index (χ1) is 9.33. The van der Waals surface area contributed by atoms with E-state index in [-0.39, 0.29) is 0 Å². The van der Waals surface area contributed by atoms with Crippen molar-refractivity contribution in [2.45, 2.75) is 6.54 Å². The summed E-state index contributed by atoms with van der Waals surface area (Å²) in [6.45, 7) is 0.855. The lowest BCUT2D eigenvalue weighted by atomic mass is 10.1. The van der Waals surface area contributed by atoms with Crippen LogP contribution in [0.5, 0.6) is 0 Å². The van der Waals surface area contributed by atoms with Crippen LogP contribution in [0.25, 0.3) is 12.2 Å². The van der Waals surface area contributed by atoms with E-state index >= 15 is 0 Å². The standard InChI is InChI=1S/C17H16N2/c1-19-13-17-5-3-2-4-16(17)11-10-14-6-8-15(12-18)9-7-14/h2-11,19H,13H2,1H3/b11-10+. The summed E-state index contributed by atoms with van der Waals surface area (Å²) in [6.07, 6.45) is 4.17. The molecule has 0 spiro atoms. The second kappa shape index (κ2) is 6.53. The van der Waals surface area contributed by atoms with Gasteiger partial charge in [-0.1, -0.05) is 48.6 Å². The maximum absolute atomic E-state index is 8.76. The van der Waals surface area contributed by atoms with Crippen molar-refractivity contribution in [3.63, 3.8) is 0 Å². The number of nitrogens with zero attached hydrogens (tertiary/aromatic N) is 1. The van der Waals surface area contributed by atoms with E-state index in [1.165, 1.54) is 11.1 Å². The predicted octanol–water partition coefficient (Wildman–Crippen LogP) is 3.45. The molecule has 0 aliphatic heterocycles. The van der Waals surface area contributed by atoms with Gasteiger partial charge in [0, 0.05) is 6.54 Å². The van der Waals surface area contributed by atoms with Gasteiger partial charge in [0.2, 0.25) is 0 Å². The molecule has 0 amide bonds. The molecule has 0 aliphatic rings. The van der Waals surface area contributed by atoms with E-state index in [0.29, 0.717) is 5.56 Å². The molecule has 19 heavy (non-hydrogen) atoms. The minimum Gasteiger partial charge on any atom is -0.316 e. The minimum absolute atomic E-state index is 0.688. The van der Waals surface area contributed by atoms with Gasteiger partial charge < -0.3 is 5.32 Å². The van der Waals surface area contributed by atoms with Crippen LogP contribution in [0.1, 0.15) is 22.3 Å². The van der Waals surface area contributed by atoms with Crippen molar-refractivity contribution in [2.24, 2.45) is 0 Å². The van der Waals surface area contributed by atoms with E-state index in [1.807, 2.05) is 43.4 Å². The molecule has 0 fully saturated rings. The Morgan fingerprint density at radius 2 is 1.79 bits per heavy atom. The first-order valence-corrected chi connectivity index (χ1v) is 6.24. The molecule has 0 saturated heterocycles. The Morgan fingerprint density at radius 3 is 2.47 bits per heavy atom. The first-order valence-electron chi connectivity index (χ1n) is 6.24. The van der Waals surface area contributed by atoms with Crippen LogP contribution in [0.15, 0.2) is 48.5 Å². The van der Waals surface area contributed by atoms with Crippen molar-refractivity contribution in [3.05, 3.63) is 70.8 Å². The molecule has 0 aromatic heterocycles. The van der Waals surface area contributed by atoms with Crippen molar-refractivity contribution in [2.75, 3.05) is 7.05 Å². The van der Waals surface area contributed by atoms with Crippen molar-refractivity contribution in [3.8, 4) is 6.07 Å². The van der Waals surface area contributed by atoms with Gasteiger partial charge in [-0.15, -0.1) is 0 Å². The predicted molar refractivity (Wildman–Crippen MR) is 79.3 cm³/mol. The minimum atomic E-state index is 0.688. The highest BCUT2D eigenvalue weighted by molar-refractivity contribution is 5.71. The molecule has 0 aliphatic carbocycles. The molecule has 0 saturated carbocycles. The first kappa shape index (κ1) is 13.1. The van der Waals surface area contributed by atoms with Crippen LogP contribution in [-0.2, 0) is 6.54 Å². The highest BCUT2D eigenvalue weighted by Crippen LogP contribution is 2.13. The molecule has 2 aromatic rings. The Bertz CT molecular complexity index is 604. The third-order valence-corrected chi connectivity index (χ3v) is 2.92. The Morgan fingerprint density at radius 1 is 1.05 bits per heavy atom. The normalized spacial score (nSPS) is 10.5. The number of hydrogen-bond donors (Lipinski definition) is 1. The topological polar surface area (TPSA) is 35.8 Å². The lowest BCUT2D eigenvalue weighted by Crippen LogP contribution is -2.06. The average molecular weight is 248 g/mol. The van der Waals surface area contributed by atoms with Gasteiger partial charge in [0.05, 0.1) is 11.6 Å². The average Bonchev–Trinajstić information content (AvgIpc) is 2.47. The molecule has 2 aromatic carbocycles. The Hall–Kier alpha value is -2.37. The Balaban J connectivity index is 2.20. The highest BCUT2D eigenvalue weighted by Gasteiger charge is 1.96. The molecular formula is C17H16N2. The molecule has 1 N–H and O–H groups in total. The van der Waals surface area contributed by atoms with Gasteiger partial charge >= 0.3 is 0 Å². The summed E-state index contributed by atoms with van der Waals surface area (Å²) in [4.78, 5) is 0. The van der Waals surface area contributed by atoms with Crippen LogP contribution in [0.3, 0.4) is 0 Å². The smallest absolute Gasteiger partial charge is 0.0991 e. The van der Waals surface area contributed by atoms with Crippen molar-refractivity contribution in [1.29, 1.82) is 5.26 Å². The van der Waals surface area contributed by atoms with Crippen LogP contribution in [-0.4, -0.2) is 7.05 Å². The Labute approximate surface area is 114 Å². The van der Waals surface area contributed by atoms with Crippen LogP contribution in [0.2, 0.25) is 0 Å². The molecule has 0 unspecified atom stereocenters. The summed E-state index contributed by atoms with van der Waals surface area (Å²) in [5.74, 6) is 0. The fourth-order valence-corrected chi connectivity index (χ4v) is 1.90. The van der Waals surface area contributed by atoms with E-state index < -0.39 is 0 Å². The molecular weight excluding hydrogens is 232 g/mol. The summed E-state index contributed by atoms with van der Waals surface area (Å²) in [5.41, 5.74) is 4.27. The van der Waals surface area contributed by atoms with Crippen LogP contribution < -0.4 is 5.32 Å². The van der Waals surface area contributed by atoms with Crippen LogP contribution in [0, 0.1) is 11.3 Å². The second-order valence-corrected chi connectivity index (χ2v) is 4.30. The Kier molecular flexibility index (Phi) is 4.49. The molecule has 0 heterocycles. The van der Waals surface area contributed by atoms with Crippen molar-refractivity contribution in [1.82, 2.24) is 5.32 Å². The van der Waals surface area contributed by atoms with Crippen molar-refractivity contribution < 1.29 is 0 Å². The van der Waals surface area contributed by atoms with Gasteiger partial charge in [0.25, 0.3) is 0 Å². The maximum atomic E-state index is 8.76. The van der Waals surface area contributed by atoms with Crippen molar-refractivity contribution >= 4 is 12.2 Å². The lowest BCUT2D eigenvalue weighted by molar-refractivity contribution is 0.816. The van der Waals surface area contributed by atoms with E-state index in [4.69, 9.17) is 5.26 Å². The van der Waals surface area contributed by atoms with Gasteiger partial charge in [-0.05, 0) is 35.9 Å². The third kappa shape index (κ3) is 3.54. The fraction of sp³-hybridized carbons (Fsp3) is 0.118. The van der Waals surface area contributed by atoms with Crippen LogP contribution in [0.4, 0.5) is 0 Å². The molecule has 94 valence electrons. The largest absolute Gasteiger partial charge is 0.316 e. The zero-order valence-electron chi connectivity index (χ0n) is 10.9. The van der Waals surface area contributed by atoms with Crippen LogP contribution >= 0.6 is 0 Å². The number of rotatable bonds is 4. The van der Waals surface area contributed by atoms with Gasteiger partial charge in [-0.2, -0.15) is 5.26 Å². The number of benzene rings is 2. The summed E-state index contributed by atoms with van der Waals surface area (Å²) >= 11 is 0. The van der Waals surface area contributed by atoms with Gasteiger partial charge in [-0.25, -0.2) is 0 Å². The summed E-state index contributed by atoms with van der Waals surface area (Å²) in [6, 6.07) is 18.0. The van der Waals surface area contributed by atoms with E-state index in [0.717, 1.165) is 12.1 Å². The van der Waals surface area contributed by atoms with E-state index in [9.17, 15) is 0 Å². The van der Waals surface area contributed by atoms with E-state index in [1.54, 1.807) is 0 Å². The number of nitrogens with one attached hydrogen (secondary N) is 1. The molecule has 2 heteroatoms. The molecule has 2 rings (SSSR count). The lowest BCUT2D eigenvalue weighted by Gasteiger charge is -2.04. The molecule has 0 bridgehead atoms.